The van der Waals surface area contributed by atoms with E-state index in [0.717, 1.165) is 11.1 Å². The molecule has 94 valence electrons. The van der Waals surface area contributed by atoms with Crippen LogP contribution in [0, 0.1) is 5.92 Å². The molecule has 0 aromatic heterocycles. The molecule has 1 aliphatic carbocycles. The van der Waals surface area contributed by atoms with Gasteiger partial charge in [0.25, 0.3) is 0 Å². The molecule has 1 heterocycles. The maximum absolute atomic E-state index is 11.5. The monoisotopic (exact) mass is 252 g/mol. The quantitative estimate of drug-likeness (QED) is 0.600. The lowest BCUT2D eigenvalue weighted by molar-refractivity contribution is -0.150. The molecule has 3 heteroatoms. The van der Waals surface area contributed by atoms with Crippen molar-refractivity contribution in [3.8, 4) is 0 Å². The molecular formula is C16H12O3. The molecule has 0 saturated heterocycles. The molecule has 3 nitrogen and oxygen atoms in total. The average Bonchev–Trinajstić information content (AvgIpc) is 2.79. The van der Waals surface area contributed by atoms with Crippen molar-refractivity contribution in [3.05, 3.63) is 65.8 Å². The number of ether oxygens (including phenoxy) is 1. The van der Waals surface area contributed by atoms with Crippen molar-refractivity contribution in [2.45, 2.75) is 6.42 Å². The Morgan fingerprint density at radius 3 is 2.47 bits per heavy atom. The van der Waals surface area contributed by atoms with Crippen LogP contribution in [0.1, 0.15) is 12.0 Å². The van der Waals surface area contributed by atoms with E-state index in [0.29, 0.717) is 12.0 Å². The zero-order chi connectivity index (χ0) is 13.2. The molecule has 0 radical (unpaired) electrons. The Labute approximate surface area is 110 Å². The molecule has 0 bridgehead atoms. The summed E-state index contributed by atoms with van der Waals surface area (Å²) in [7, 11) is 0. The zero-order valence-corrected chi connectivity index (χ0v) is 10.2. The summed E-state index contributed by atoms with van der Waals surface area (Å²) in [6, 6.07) is 10.0. The molecule has 3 rings (SSSR count). The lowest BCUT2D eigenvalue weighted by Crippen LogP contribution is -2.10. The fraction of sp³-hybridized carbons (Fsp3) is 0.125. The van der Waals surface area contributed by atoms with Crippen molar-refractivity contribution in [1.82, 2.24) is 0 Å². The molecule has 1 aliphatic heterocycles. The number of benzene rings is 1. The molecule has 0 N–H and O–H groups in total. The first-order valence-electron chi connectivity index (χ1n) is 6.15. The van der Waals surface area contributed by atoms with Crippen molar-refractivity contribution in [1.29, 1.82) is 0 Å². The van der Waals surface area contributed by atoms with E-state index in [-0.39, 0.29) is 5.92 Å². The van der Waals surface area contributed by atoms with Gasteiger partial charge >= 0.3 is 11.9 Å². The maximum atomic E-state index is 11.5. The van der Waals surface area contributed by atoms with Crippen LogP contribution in [0.5, 0.6) is 0 Å². The van der Waals surface area contributed by atoms with Crippen LogP contribution in [0.3, 0.4) is 0 Å². The topological polar surface area (TPSA) is 43.4 Å². The van der Waals surface area contributed by atoms with Crippen LogP contribution in [-0.2, 0) is 14.3 Å². The smallest absolute Gasteiger partial charge is 0.342 e. The van der Waals surface area contributed by atoms with Gasteiger partial charge in [0.15, 0.2) is 0 Å². The number of allylic oxidation sites excluding steroid dienone is 4. The Kier molecular flexibility index (Phi) is 2.88. The molecule has 2 aliphatic rings. The van der Waals surface area contributed by atoms with E-state index < -0.39 is 11.9 Å². The van der Waals surface area contributed by atoms with Crippen LogP contribution in [0.15, 0.2) is 60.2 Å². The van der Waals surface area contributed by atoms with Crippen molar-refractivity contribution >= 4 is 17.5 Å². The Morgan fingerprint density at radius 2 is 1.89 bits per heavy atom. The van der Waals surface area contributed by atoms with Crippen molar-refractivity contribution in [3.63, 3.8) is 0 Å². The van der Waals surface area contributed by atoms with Crippen molar-refractivity contribution in [2.24, 2.45) is 5.92 Å². The number of carbonyl (C=O) groups is 2. The summed E-state index contributed by atoms with van der Waals surface area (Å²) in [5, 5.41) is 0. The molecule has 1 aromatic carbocycles. The van der Waals surface area contributed by atoms with Gasteiger partial charge in [-0.15, -0.1) is 0 Å². The molecule has 0 fully saturated rings. The first-order chi connectivity index (χ1) is 9.24. The minimum atomic E-state index is -0.564. The second kappa shape index (κ2) is 4.69. The third-order valence-electron chi connectivity index (χ3n) is 3.31. The summed E-state index contributed by atoms with van der Waals surface area (Å²) in [6.07, 6.45) is 8.01. The van der Waals surface area contributed by atoms with Gasteiger partial charge in [-0.3, -0.25) is 0 Å². The van der Waals surface area contributed by atoms with Crippen LogP contribution >= 0.6 is 0 Å². The fourth-order valence-electron chi connectivity index (χ4n) is 2.32. The molecule has 0 saturated carbocycles. The van der Waals surface area contributed by atoms with Gasteiger partial charge in [0.2, 0.25) is 0 Å². The fourth-order valence-corrected chi connectivity index (χ4v) is 2.32. The number of carbonyl (C=O) groups excluding carboxylic acids is 2. The van der Waals surface area contributed by atoms with Crippen LogP contribution < -0.4 is 0 Å². The summed E-state index contributed by atoms with van der Waals surface area (Å²) in [5.41, 5.74) is 2.73. The SMILES string of the molecule is O=C1C=C(C2C=CC(c3ccccc3)=CC2)C(=O)O1. The lowest BCUT2D eigenvalue weighted by atomic mass is 9.88. The van der Waals surface area contributed by atoms with Gasteiger partial charge < -0.3 is 4.74 Å². The highest BCUT2D eigenvalue weighted by atomic mass is 16.6. The standard InChI is InChI=1S/C16H12O3/c17-15-10-14(16(18)19-15)13-8-6-12(7-9-13)11-4-2-1-3-5-11/h1-8,10,13H,9H2. The summed E-state index contributed by atoms with van der Waals surface area (Å²) in [6.45, 7) is 0. The Hall–Kier alpha value is -2.42. The first-order valence-corrected chi connectivity index (χ1v) is 6.15. The molecule has 1 unspecified atom stereocenters. The lowest BCUT2D eigenvalue weighted by Gasteiger charge is -2.15. The number of rotatable bonds is 2. The Bertz CT molecular complexity index is 621. The van der Waals surface area contributed by atoms with Gasteiger partial charge in [-0.1, -0.05) is 48.6 Å². The molecule has 1 atom stereocenters. The van der Waals surface area contributed by atoms with E-state index in [2.05, 4.69) is 10.8 Å². The largest absolute Gasteiger partial charge is 0.386 e. The van der Waals surface area contributed by atoms with Crippen LogP contribution in [-0.4, -0.2) is 11.9 Å². The van der Waals surface area contributed by atoms with E-state index in [1.54, 1.807) is 0 Å². The second-order valence-corrected chi connectivity index (χ2v) is 4.54. The van der Waals surface area contributed by atoms with E-state index in [1.165, 1.54) is 6.08 Å². The van der Waals surface area contributed by atoms with E-state index >= 15 is 0 Å². The molecule has 19 heavy (non-hydrogen) atoms. The third-order valence-corrected chi connectivity index (χ3v) is 3.31. The predicted octanol–water partition coefficient (Wildman–Crippen LogP) is 2.66. The molecule has 1 aromatic rings. The summed E-state index contributed by atoms with van der Waals surface area (Å²) < 4.78 is 4.51. The minimum absolute atomic E-state index is 0.0635. The van der Waals surface area contributed by atoms with Crippen LogP contribution in [0.4, 0.5) is 0 Å². The highest BCUT2D eigenvalue weighted by Crippen LogP contribution is 2.30. The Balaban J connectivity index is 1.79. The van der Waals surface area contributed by atoms with Gasteiger partial charge in [-0.25, -0.2) is 9.59 Å². The summed E-state index contributed by atoms with van der Waals surface area (Å²) >= 11 is 0. The summed E-state index contributed by atoms with van der Waals surface area (Å²) in [5.74, 6) is -1.14. The summed E-state index contributed by atoms with van der Waals surface area (Å²) in [4.78, 5) is 22.5. The number of hydrogen-bond donors (Lipinski definition) is 0. The van der Waals surface area contributed by atoms with Gasteiger partial charge in [-0.2, -0.15) is 0 Å². The highest BCUT2D eigenvalue weighted by molar-refractivity contribution is 6.09. The predicted molar refractivity (Wildman–Crippen MR) is 70.8 cm³/mol. The van der Waals surface area contributed by atoms with Crippen LogP contribution in [0.25, 0.3) is 5.57 Å². The molecule has 0 amide bonds. The van der Waals surface area contributed by atoms with Gasteiger partial charge in [0.05, 0.1) is 5.57 Å². The van der Waals surface area contributed by atoms with E-state index in [4.69, 9.17) is 0 Å². The highest BCUT2D eigenvalue weighted by Gasteiger charge is 2.29. The maximum Gasteiger partial charge on any atom is 0.342 e. The van der Waals surface area contributed by atoms with Gasteiger partial charge in [0, 0.05) is 12.0 Å². The van der Waals surface area contributed by atoms with Crippen molar-refractivity contribution < 1.29 is 14.3 Å². The van der Waals surface area contributed by atoms with Gasteiger partial charge in [-0.05, 0) is 17.6 Å². The zero-order valence-electron chi connectivity index (χ0n) is 10.2. The molecule has 0 spiro atoms. The number of hydrogen-bond acceptors (Lipinski definition) is 3. The minimum Gasteiger partial charge on any atom is -0.386 e. The normalized spacial score (nSPS) is 22.0. The Morgan fingerprint density at radius 1 is 1.11 bits per heavy atom. The molecular weight excluding hydrogens is 240 g/mol. The third kappa shape index (κ3) is 2.27. The first kappa shape index (κ1) is 11.7. The van der Waals surface area contributed by atoms with Crippen molar-refractivity contribution in [2.75, 3.05) is 0 Å². The van der Waals surface area contributed by atoms with Gasteiger partial charge in [0.1, 0.15) is 0 Å². The second-order valence-electron chi connectivity index (χ2n) is 4.54. The van der Waals surface area contributed by atoms with Crippen LogP contribution in [0.2, 0.25) is 0 Å². The average molecular weight is 252 g/mol. The van der Waals surface area contributed by atoms with E-state index in [1.807, 2.05) is 42.5 Å². The number of cyclic esters (lactones) is 2. The number of esters is 2. The van der Waals surface area contributed by atoms with E-state index in [9.17, 15) is 9.59 Å².